The number of alkyl halides is 1. The Hall–Kier alpha value is -3.53. The molecule has 212 valence electrons. The first-order valence-electron chi connectivity index (χ1n) is 13.5. The number of pyridine rings is 2. The second kappa shape index (κ2) is 10.7. The molecule has 5 rings (SSSR count). The fraction of sp³-hybridized carbons (Fsp3) is 0.276. The first-order valence-corrected chi connectivity index (χ1v) is 13.7. The molecule has 41 heavy (non-hydrogen) atoms. The molecule has 3 aromatic heterocycles. The van der Waals surface area contributed by atoms with Crippen molar-refractivity contribution in [2.45, 2.75) is 38.9 Å². The average Bonchev–Trinajstić information content (AvgIpc) is 2.93. The van der Waals surface area contributed by atoms with E-state index in [9.17, 15) is 14.4 Å². The van der Waals surface area contributed by atoms with E-state index in [-0.39, 0.29) is 43.5 Å². The van der Waals surface area contributed by atoms with Gasteiger partial charge in [-0.15, -0.1) is 0 Å². The van der Waals surface area contributed by atoms with E-state index >= 15 is 4.39 Å². The highest BCUT2D eigenvalue weighted by atomic mass is 35.5. The zero-order valence-electron chi connectivity index (χ0n) is 24.2. The fourth-order valence-electron chi connectivity index (χ4n) is 4.79. The highest BCUT2D eigenvalue weighted by Gasteiger charge is 2.46. The molecule has 1 aromatic carbocycles. The van der Waals surface area contributed by atoms with Gasteiger partial charge in [-0.25, -0.2) is 9.37 Å². The number of hydrogen-bond acceptors (Lipinski definition) is 5. The van der Waals surface area contributed by atoms with Crippen molar-refractivity contribution in [1.82, 2.24) is 24.0 Å². The third-order valence-electron chi connectivity index (χ3n) is 6.79. The summed E-state index contributed by atoms with van der Waals surface area (Å²) in [5.74, 6) is -0.796. The number of benzene rings is 1. The second-order valence-corrected chi connectivity index (χ2v) is 11.2. The number of aryl methyl sites for hydroxylation is 1. The third kappa shape index (κ3) is 4.96. The van der Waals surface area contributed by atoms with E-state index < -0.39 is 42.3 Å². The topological polar surface area (TPSA) is 90.1 Å². The molecule has 0 N–H and O–H groups in total. The monoisotopic (exact) mass is 617 g/mol. The summed E-state index contributed by atoms with van der Waals surface area (Å²) >= 11 is 19.4. The SMILES string of the molecule is [2H]C([2H])(n1c(=O)c(=O)n(-c2c(C)ccnc2C(C)C)c2nc(-c3cccc(Cl)c3Cl)c(Cl)cc21)C1(F)CN(C(=O)C=C)C1. The summed E-state index contributed by atoms with van der Waals surface area (Å²) in [6.07, 6.45) is 2.55. The highest BCUT2D eigenvalue weighted by Crippen LogP contribution is 2.38. The van der Waals surface area contributed by atoms with E-state index in [1.165, 1.54) is 6.07 Å². The number of halogens is 4. The molecule has 0 aliphatic carbocycles. The van der Waals surface area contributed by atoms with Gasteiger partial charge in [0, 0.05) is 11.8 Å². The molecule has 1 aliphatic heterocycles. The van der Waals surface area contributed by atoms with Crippen molar-refractivity contribution in [3.05, 3.63) is 96.2 Å². The summed E-state index contributed by atoms with van der Waals surface area (Å²) in [4.78, 5) is 50.0. The lowest BCUT2D eigenvalue weighted by Crippen LogP contribution is -2.63. The first kappa shape index (κ1) is 26.4. The van der Waals surface area contributed by atoms with Crippen LogP contribution in [0.4, 0.5) is 4.39 Å². The smallest absolute Gasteiger partial charge is 0.322 e. The van der Waals surface area contributed by atoms with Gasteiger partial charge in [0.2, 0.25) is 5.91 Å². The largest absolute Gasteiger partial charge is 0.332 e. The van der Waals surface area contributed by atoms with Crippen LogP contribution in [-0.2, 0) is 11.3 Å². The number of aromatic nitrogens is 4. The lowest BCUT2D eigenvalue weighted by molar-refractivity contribution is -0.141. The number of rotatable bonds is 6. The average molecular weight is 619 g/mol. The number of likely N-dealkylation sites (tertiary alicyclic amines) is 1. The van der Waals surface area contributed by atoms with E-state index in [0.717, 1.165) is 15.5 Å². The van der Waals surface area contributed by atoms with Crippen LogP contribution in [0.2, 0.25) is 15.1 Å². The maximum absolute atomic E-state index is 16.2. The number of fused-ring (bicyclic) bond motifs is 1. The van der Waals surface area contributed by atoms with Gasteiger partial charge in [-0.1, -0.05) is 67.4 Å². The van der Waals surface area contributed by atoms with Crippen molar-refractivity contribution in [2.24, 2.45) is 0 Å². The Labute approximate surface area is 252 Å². The van der Waals surface area contributed by atoms with Crippen LogP contribution in [0.15, 0.2) is 58.8 Å². The molecular weight excluding hydrogens is 592 g/mol. The summed E-state index contributed by atoms with van der Waals surface area (Å²) in [6.45, 7) is 4.37. The summed E-state index contributed by atoms with van der Waals surface area (Å²) in [7, 11) is 0. The molecule has 1 fully saturated rings. The van der Waals surface area contributed by atoms with Crippen LogP contribution in [0.5, 0.6) is 0 Å². The van der Waals surface area contributed by atoms with Crippen LogP contribution in [0.1, 0.15) is 33.8 Å². The summed E-state index contributed by atoms with van der Waals surface area (Å²) in [6, 6.07) is 7.70. The molecule has 0 saturated carbocycles. The van der Waals surface area contributed by atoms with Crippen LogP contribution < -0.4 is 11.1 Å². The first-order chi connectivity index (χ1) is 20.1. The lowest BCUT2D eigenvalue weighted by Gasteiger charge is -2.44. The molecule has 1 saturated heterocycles. The van der Waals surface area contributed by atoms with Gasteiger partial charge in [-0.3, -0.25) is 28.5 Å². The maximum atomic E-state index is 16.2. The molecule has 1 amide bonds. The minimum absolute atomic E-state index is 0.0669. The fourth-order valence-corrected chi connectivity index (χ4v) is 5.43. The molecular formula is C29H25Cl3FN5O3. The van der Waals surface area contributed by atoms with E-state index in [4.69, 9.17) is 37.5 Å². The Balaban J connectivity index is 1.92. The zero-order chi connectivity index (χ0) is 31.6. The summed E-state index contributed by atoms with van der Waals surface area (Å²) in [5.41, 5.74) is -3.98. The molecule has 0 atom stereocenters. The second-order valence-electron chi connectivity index (χ2n) is 10.0. The molecule has 1 aliphatic rings. The standard InChI is InChI=1S/C29H25Cl3FN5O3/c1-5-21(39)36-12-29(33,13-36)14-37-20-11-19(31)24(17-7-6-8-18(30)22(17)32)35-26(20)38(28(41)27(37)40)25-16(4)9-10-34-23(25)15(2)3/h5-11,15H,1,12-14H2,2-4H3/i14D2. The molecule has 0 radical (unpaired) electrons. The Kier molecular flexibility index (Phi) is 6.89. The quantitative estimate of drug-likeness (QED) is 0.203. The van der Waals surface area contributed by atoms with E-state index in [1.807, 2.05) is 13.8 Å². The van der Waals surface area contributed by atoms with Crippen LogP contribution in [0.25, 0.3) is 28.1 Å². The van der Waals surface area contributed by atoms with Crippen molar-refractivity contribution in [3.8, 4) is 16.9 Å². The predicted molar refractivity (Wildman–Crippen MR) is 159 cm³/mol. The highest BCUT2D eigenvalue weighted by molar-refractivity contribution is 6.44. The number of carbonyl (C=O) groups excluding carboxylic acids is 1. The van der Waals surface area contributed by atoms with Crippen molar-refractivity contribution < 1.29 is 11.9 Å². The molecule has 0 unspecified atom stereocenters. The molecule has 8 nitrogen and oxygen atoms in total. The van der Waals surface area contributed by atoms with Crippen molar-refractivity contribution >= 4 is 51.9 Å². The van der Waals surface area contributed by atoms with Crippen LogP contribution in [0, 0.1) is 6.92 Å². The third-order valence-corrected chi connectivity index (χ3v) is 7.90. The lowest BCUT2D eigenvalue weighted by atomic mass is 9.95. The van der Waals surface area contributed by atoms with Gasteiger partial charge in [-0.2, -0.15) is 0 Å². The Bertz CT molecular complexity index is 1950. The Morgan fingerprint density at radius 2 is 1.90 bits per heavy atom. The number of amides is 1. The number of hydrogen-bond donors (Lipinski definition) is 0. The van der Waals surface area contributed by atoms with Crippen LogP contribution in [-0.4, -0.2) is 48.7 Å². The number of nitrogens with zero attached hydrogens (tertiary/aromatic N) is 5. The predicted octanol–water partition coefficient (Wildman–Crippen LogP) is 5.74. The molecule has 4 heterocycles. The van der Waals surface area contributed by atoms with Gasteiger partial charge >= 0.3 is 11.1 Å². The Morgan fingerprint density at radius 3 is 2.56 bits per heavy atom. The molecule has 12 heteroatoms. The summed E-state index contributed by atoms with van der Waals surface area (Å²) in [5, 5.41) is 0.270. The van der Waals surface area contributed by atoms with E-state index in [2.05, 4.69) is 16.5 Å². The maximum Gasteiger partial charge on any atom is 0.322 e. The van der Waals surface area contributed by atoms with Gasteiger partial charge in [0.25, 0.3) is 0 Å². The normalized spacial score (nSPS) is 15.5. The minimum atomic E-state index is -3.11. The van der Waals surface area contributed by atoms with Gasteiger partial charge < -0.3 is 4.90 Å². The molecule has 0 bridgehead atoms. The van der Waals surface area contributed by atoms with Crippen LogP contribution in [0.3, 0.4) is 0 Å². The van der Waals surface area contributed by atoms with Gasteiger partial charge in [0.1, 0.15) is 0 Å². The Morgan fingerprint density at radius 1 is 1.20 bits per heavy atom. The van der Waals surface area contributed by atoms with E-state index in [1.54, 1.807) is 37.4 Å². The van der Waals surface area contributed by atoms with Crippen molar-refractivity contribution in [1.29, 1.82) is 0 Å². The van der Waals surface area contributed by atoms with Crippen molar-refractivity contribution in [2.75, 3.05) is 13.1 Å². The number of carbonyl (C=O) groups is 1. The summed E-state index contributed by atoms with van der Waals surface area (Å²) < 4.78 is 35.3. The van der Waals surface area contributed by atoms with Gasteiger partial charge in [-0.05, 0) is 42.7 Å². The van der Waals surface area contributed by atoms with Crippen LogP contribution >= 0.6 is 34.8 Å². The zero-order valence-corrected chi connectivity index (χ0v) is 24.5. The van der Waals surface area contributed by atoms with E-state index in [0.29, 0.717) is 21.4 Å². The van der Waals surface area contributed by atoms with Gasteiger partial charge in [0.15, 0.2) is 11.3 Å². The molecule has 4 aromatic rings. The minimum Gasteiger partial charge on any atom is -0.332 e. The van der Waals surface area contributed by atoms with Crippen molar-refractivity contribution in [3.63, 3.8) is 0 Å². The van der Waals surface area contributed by atoms with Gasteiger partial charge in [0.05, 0.1) is 60.0 Å². The molecule has 0 spiro atoms.